The SMILES string of the molecule is CCC(C)c1cccc2c1CCC(=O)C21CC2=CCC1C2. The van der Waals surface area contributed by atoms with Crippen LogP contribution >= 0.6 is 0 Å². The number of rotatable bonds is 2. The van der Waals surface area contributed by atoms with E-state index in [1.807, 2.05) is 0 Å². The lowest BCUT2D eigenvalue weighted by Gasteiger charge is -2.41. The summed E-state index contributed by atoms with van der Waals surface area (Å²) >= 11 is 0. The van der Waals surface area contributed by atoms with Crippen molar-refractivity contribution in [1.29, 1.82) is 0 Å². The molecule has 1 heteroatoms. The van der Waals surface area contributed by atoms with Gasteiger partial charge in [-0.2, -0.15) is 0 Å². The zero-order valence-electron chi connectivity index (χ0n) is 13.1. The Labute approximate surface area is 127 Å². The predicted octanol–water partition coefficient (Wildman–Crippen LogP) is 4.69. The molecule has 3 aliphatic rings. The lowest BCUT2D eigenvalue weighted by Crippen LogP contribution is -2.44. The molecule has 110 valence electrons. The molecular weight excluding hydrogens is 256 g/mol. The largest absolute Gasteiger partial charge is 0.299 e. The van der Waals surface area contributed by atoms with Gasteiger partial charge in [-0.25, -0.2) is 0 Å². The molecule has 0 heterocycles. The summed E-state index contributed by atoms with van der Waals surface area (Å²) in [5.41, 5.74) is 5.79. The third kappa shape index (κ3) is 1.66. The van der Waals surface area contributed by atoms with Crippen molar-refractivity contribution in [3.8, 4) is 0 Å². The molecular formula is C20H24O. The first-order chi connectivity index (χ1) is 10.2. The molecule has 1 saturated carbocycles. The molecule has 3 unspecified atom stereocenters. The summed E-state index contributed by atoms with van der Waals surface area (Å²) in [4.78, 5) is 12.9. The van der Waals surface area contributed by atoms with Crippen LogP contribution in [0, 0.1) is 5.92 Å². The molecule has 0 amide bonds. The molecule has 0 aliphatic heterocycles. The highest BCUT2D eigenvalue weighted by Crippen LogP contribution is 2.57. The van der Waals surface area contributed by atoms with E-state index >= 15 is 0 Å². The topological polar surface area (TPSA) is 17.1 Å². The minimum absolute atomic E-state index is 0.152. The average molecular weight is 280 g/mol. The van der Waals surface area contributed by atoms with Crippen LogP contribution in [0.2, 0.25) is 0 Å². The van der Waals surface area contributed by atoms with E-state index < -0.39 is 0 Å². The van der Waals surface area contributed by atoms with E-state index in [9.17, 15) is 4.79 Å². The third-order valence-corrected chi connectivity index (χ3v) is 6.34. The van der Waals surface area contributed by atoms with Gasteiger partial charge in [0.05, 0.1) is 5.41 Å². The van der Waals surface area contributed by atoms with E-state index in [0.717, 1.165) is 25.7 Å². The number of ketones is 1. The summed E-state index contributed by atoms with van der Waals surface area (Å²) in [7, 11) is 0. The molecule has 0 aromatic heterocycles. The molecule has 1 aromatic rings. The summed E-state index contributed by atoms with van der Waals surface area (Å²) in [5, 5.41) is 0. The van der Waals surface area contributed by atoms with Gasteiger partial charge < -0.3 is 0 Å². The van der Waals surface area contributed by atoms with Crippen molar-refractivity contribution in [2.75, 3.05) is 0 Å². The molecule has 0 radical (unpaired) electrons. The summed E-state index contributed by atoms with van der Waals surface area (Å²) in [6.07, 6.45) is 8.56. The maximum absolute atomic E-state index is 12.9. The van der Waals surface area contributed by atoms with E-state index in [2.05, 4.69) is 38.1 Å². The fourth-order valence-electron chi connectivity index (χ4n) is 5.05. The van der Waals surface area contributed by atoms with Gasteiger partial charge in [0.2, 0.25) is 0 Å². The number of hydrogen-bond acceptors (Lipinski definition) is 1. The molecule has 0 N–H and O–H groups in total. The van der Waals surface area contributed by atoms with Crippen molar-refractivity contribution >= 4 is 5.78 Å². The maximum atomic E-state index is 12.9. The van der Waals surface area contributed by atoms with Gasteiger partial charge in [0, 0.05) is 6.42 Å². The fourth-order valence-corrected chi connectivity index (χ4v) is 5.05. The van der Waals surface area contributed by atoms with E-state index in [1.165, 1.54) is 35.1 Å². The number of allylic oxidation sites excluding steroid dienone is 2. The Morgan fingerprint density at radius 2 is 2.19 bits per heavy atom. The molecule has 3 atom stereocenters. The summed E-state index contributed by atoms with van der Waals surface area (Å²) < 4.78 is 0. The Hall–Kier alpha value is -1.37. The molecule has 2 bridgehead atoms. The van der Waals surface area contributed by atoms with Crippen molar-refractivity contribution in [1.82, 2.24) is 0 Å². The number of benzene rings is 1. The van der Waals surface area contributed by atoms with Gasteiger partial charge in [-0.05, 0) is 60.6 Å². The molecule has 1 fully saturated rings. The molecule has 1 aromatic carbocycles. The second kappa shape index (κ2) is 4.56. The summed E-state index contributed by atoms with van der Waals surface area (Å²) in [5.74, 6) is 1.67. The third-order valence-electron chi connectivity index (χ3n) is 6.34. The van der Waals surface area contributed by atoms with Gasteiger partial charge in [0.15, 0.2) is 0 Å². The number of Topliss-reactive ketones (excluding diaryl/α,β-unsaturated/α-hetero) is 1. The molecule has 4 rings (SSSR count). The smallest absolute Gasteiger partial charge is 0.144 e. The zero-order valence-corrected chi connectivity index (χ0v) is 13.1. The van der Waals surface area contributed by atoms with E-state index in [-0.39, 0.29) is 5.41 Å². The standard InChI is InChI=1S/C20H24O/c1-3-13(2)16-5-4-6-18-17(16)9-10-19(21)20(18)12-14-7-8-15(20)11-14/h4-7,13,15H,3,8-12H2,1-2H3. The number of carbonyl (C=O) groups is 1. The fraction of sp³-hybridized carbons (Fsp3) is 0.550. The van der Waals surface area contributed by atoms with Crippen molar-refractivity contribution in [3.63, 3.8) is 0 Å². The highest BCUT2D eigenvalue weighted by molar-refractivity contribution is 5.94. The van der Waals surface area contributed by atoms with Crippen LogP contribution in [0.3, 0.4) is 0 Å². The van der Waals surface area contributed by atoms with Crippen LogP contribution in [-0.4, -0.2) is 5.78 Å². The monoisotopic (exact) mass is 280 g/mol. The van der Waals surface area contributed by atoms with E-state index in [1.54, 1.807) is 0 Å². The van der Waals surface area contributed by atoms with Crippen LogP contribution in [0.15, 0.2) is 29.8 Å². The number of fused-ring (bicyclic) bond motifs is 5. The first-order valence-corrected chi connectivity index (χ1v) is 8.50. The Morgan fingerprint density at radius 1 is 1.33 bits per heavy atom. The van der Waals surface area contributed by atoms with Crippen molar-refractivity contribution in [2.45, 2.75) is 63.7 Å². The second-order valence-corrected chi connectivity index (χ2v) is 7.25. The molecule has 1 nitrogen and oxygen atoms in total. The van der Waals surface area contributed by atoms with Crippen LogP contribution in [0.4, 0.5) is 0 Å². The quantitative estimate of drug-likeness (QED) is 0.718. The second-order valence-electron chi connectivity index (χ2n) is 7.25. The first-order valence-electron chi connectivity index (χ1n) is 8.50. The van der Waals surface area contributed by atoms with E-state index in [4.69, 9.17) is 0 Å². The minimum atomic E-state index is -0.152. The van der Waals surface area contributed by atoms with Gasteiger partial charge in [0.1, 0.15) is 5.78 Å². The molecule has 1 spiro atoms. The Morgan fingerprint density at radius 3 is 2.86 bits per heavy atom. The molecule has 21 heavy (non-hydrogen) atoms. The van der Waals surface area contributed by atoms with Crippen LogP contribution < -0.4 is 0 Å². The van der Waals surface area contributed by atoms with Gasteiger partial charge in [-0.15, -0.1) is 0 Å². The van der Waals surface area contributed by atoms with Gasteiger partial charge >= 0.3 is 0 Å². The van der Waals surface area contributed by atoms with Crippen LogP contribution in [0.25, 0.3) is 0 Å². The lowest BCUT2D eigenvalue weighted by molar-refractivity contribution is -0.126. The number of carbonyl (C=O) groups excluding carboxylic acids is 1. The highest BCUT2D eigenvalue weighted by Gasteiger charge is 2.55. The van der Waals surface area contributed by atoms with Crippen LogP contribution in [0.1, 0.15) is 68.6 Å². The summed E-state index contributed by atoms with van der Waals surface area (Å²) in [6.45, 7) is 4.58. The minimum Gasteiger partial charge on any atom is -0.299 e. The van der Waals surface area contributed by atoms with Crippen molar-refractivity contribution in [3.05, 3.63) is 46.5 Å². The van der Waals surface area contributed by atoms with Gasteiger partial charge in [-0.1, -0.05) is 43.7 Å². The Bertz CT molecular complexity index is 639. The molecule has 0 saturated heterocycles. The average Bonchev–Trinajstić information content (AvgIpc) is 3.11. The summed E-state index contributed by atoms with van der Waals surface area (Å²) in [6, 6.07) is 6.75. The lowest BCUT2D eigenvalue weighted by atomic mass is 9.61. The zero-order chi connectivity index (χ0) is 14.6. The highest BCUT2D eigenvalue weighted by atomic mass is 16.1. The normalized spacial score (nSPS) is 31.4. The van der Waals surface area contributed by atoms with Crippen molar-refractivity contribution < 1.29 is 4.79 Å². The first kappa shape index (κ1) is 13.3. The van der Waals surface area contributed by atoms with Crippen LogP contribution in [0.5, 0.6) is 0 Å². The van der Waals surface area contributed by atoms with Gasteiger partial charge in [0.25, 0.3) is 0 Å². The Balaban J connectivity index is 1.90. The molecule has 3 aliphatic carbocycles. The van der Waals surface area contributed by atoms with Crippen LogP contribution in [-0.2, 0) is 16.6 Å². The maximum Gasteiger partial charge on any atom is 0.144 e. The van der Waals surface area contributed by atoms with E-state index in [0.29, 0.717) is 17.6 Å². The number of hydrogen-bond donors (Lipinski definition) is 0. The van der Waals surface area contributed by atoms with Gasteiger partial charge in [-0.3, -0.25) is 4.79 Å². The predicted molar refractivity (Wildman–Crippen MR) is 85.6 cm³/mol. The Kier molecular flexibility index (Phi) is 2.89. The van der Waals surface area contributed by atoms with Crippen molar-refractivity contribution in [2.24, 2.45) is 5.92 Å².